The van der Waals surface area contributed by atoms with Gasteiger partial charge in [0.1, 0.15) is 5.75 Å². The number of carbonyl (C=O) groups excluding carboxylic acids is 1. The SMILES string of the molecule is COc1ccc(N(CCCC(=O)NCCCN2CCc3ccccc3C2)S(C)(=O)=O)cc1. The van der Waals surface area contributed by atoms with E-state index in [9.17, 15) is 13.2 Å². The van der Waals surface area contributed by atoms with E-state index in [0.717, 1.165) is 32.5 Å². The molecule has 0 saturated heterocycles. The third-order valence-corrected chi connectivity index (χ3v) is 6.90. The van der Waals surface area contributed by atoms with Crippen LogP contribution in [-0.2, 0) is 27.8 Å². The van der Waals surface area contributed by atoms with Crippen molar-refractivity contribution in [3.8, 4) is 5.75 Å². The standard InChI is InChI=1S/C24H33N3O4S/c1-31-23-12-10-22(11-13-23)27(32(2,29)30)17-5-9-24(28)25-15-6-16-26-18-14-20-7-3-4-8-21(20)19-26/h3-4,7-8,10-13H,5-6,9,14-19H2,1-2H3,(H,25,28). The highest BCUT2D eigenvalue weighted by Gasteiger charge is 2.18. The van der Waals surface area contributed by atoms with Gasteiger partial charge in [-0.05, 0) is 54.7 Å². The van der Waals surface area contributed by atoms with Gasteiger partial charge in [-0.15, -0.1) is 0 Å². The van der Waals surface area contributed by atoms with Gasteiger partial charge < -0.3 is 10.1 Å². The zero-order valence-electron chi connectivity index (χ0n) is 18.9. The van der Waals surface area contributed by atoms with Crippen LogP contribution in [0.25, 0.3) is 0 Å². The lowest BCUT2D eigenvalue weighted by atomic mass is 10.00. The van der Waals surface area contributed by atoms with Crippen molar-refractivity contribution in [1.29, 1.82) is 0 Å². The number of sulfonamides is 1. The van der Waals surface area contributed by atoms with E-state index in [4.69, 9.17) is 4.74 Å². The number of methoxy groups -OCH3 is 1. The number of rotatable bonds is 11. The van der Waals surface area contributed by atoms with Crippen LogP contribution >= 0.6 is 0 Å². The largest absolute Gasteiger partial charge is 0.497 e. The molecule has 0 unspecified atom stereocenters. The Hall–Kier alpha value is -2.58. The average molecular weight is 460 g/mol. The second kappa shape index (κ2) is 11.3. The Kier molecular flexibility index (Phi) is 8.53. The molecular weight excluding hydrogens is 426 g/mol. The number of carbonyl (C=O) groups is 1. The van der Waals surface area contributed by atoms with Crippen LogP contribution in [0.4, 0.5) is 5.69 Å². The van der Waals surface area contributed by atoms with E-state index in [-0.39, 0.29) is 12.5 Å². The summed E-state index contributed by atoms with van der Waals surface area (Å²) in [5, 5.41) is 2.96. The maximum Gasteiger partial charge on any atom is 0.232 e. The second-order valence-electron chi connectivity index (χ2n) is 8.14. The molecule has 8 heteroatoms. The van der Waals surface area contributed by atoms with Gasteiger partial charge in [0, 0.05) is 39.1 Å². The number of amides is 1. The fourth-order valence-electron chi connectivity index (χ4n) is 3.98. The zero-order chi connectivity index (χ0) is 23.0. The Morgan fingerprint density at radius 3 is 2.50 bits per heavy atom. The summed E-state index contributed by atoms with van der Waals surface area (Å²) in [5.41, 5.74) is 3.40. The molecule has 0 spiro atoms. The molecule has 7 nitrogen and oxygen atoms in total. The van der Waals surface area contributed by atoms with Gasteiger partial charge >= 0.3 is 0 Å². The first-order valence-electron chi connectivity index (χ1n) is 11.0. The minimum Gasteiger partial charge on any atom is -0.497 e. The Labute approximate surface area is 191 Å². The van der Waals surface area contributed by atoms with Crippen molar-refractivity contribution < 1.29 is 17.9 Å². The minimum atomic E-state index is -3.43. The summed E-state index contributed by atoms with van der Waals surface area (Å²) in [6.45, 7) is 3.86. The van der Waals surface area contributed by atoms with E-state index < -0.39 is 10.0 Å². The molecule has 2 aromatic rings. The molecule has 0 aliphatic carbocycles. The van der Waals surface area contributed by atoms with E-state index in [1.807, 2.05) is 0 Å². The highest BCUT2D eigenvalue weighted by Crippen LogP contribution is 2.22. The summed E-state index contributed by atoms with van der Waals surface area (Å²) in [5.74, 6) is 0.618. The summed E-state index contributed by atoms with van der Waals surface area (Å²) in [4.78, 5) is 14.6. The Morgan fingerprint density at radius 2 is 1.81 bits per heavy atom. The molecule has 32 heavy (non-hydrogen) atoms. The third kappa shape index (κ3) is 6.97. The first-order chi connectivity index (χ1) is 15.4. The van der Waals surface area contributed by atoms with E-state index >= 15 is 0 Å². The molecule has 1 N–H and O–H groups in total. The van der Waals surface area contributed by atoms with Crippen molar-refractivity contribution >= 4 is 21.6 Å². The molecule has 0 fully saturated rings. The fourth-order valence-corrected chi connectivity index (χ4v) is 4.95. The van der Waals surface area contributed by atoms with Crippen LogP contribution in [0.2, 0.25) is 0 Å². The van der Waals surface area contributed by atoms with E-state index in [0.29, 0.717) is 30.8 Å². The van der Waals surface area contributed by atoms with Crippen molar-refractivity contribution in [2.75, 3.05) is 43.8 Å². The molecule has 0 atom stereocenters. The van der Waals surface area contributed by atoms with Crippen LogP contribution < -0.4 is 14.4 Å². The van der Waals surface area contributed by atoms with Crippen molar-refractivity contribution in [1.82, 2.24) is 10.2 Å². The second-order valence-corrected chi connectivity index (χ2v) is 10.0. The molecule has 0 aromatic heterocycles. The highest BCUT2D eigenvalue weighted by molar-refractivity contribution is 7.92. The normalized spacial score (nSPS) is 13.9. The van der Waals surface area contributed by atoms with Crippen LogP contribution in [0, 0.1) is 0 Å². The van der Waals surface area contributed by atoms with Crippen molar-refractivity contribution in [3.63, 3.8) is 0 Å². The molecule has 2 aromatic carbocycles. The van der Waals surface area contributed by atoms with Crippen LogP contribution in [-0.4, -0.2) is 58.8 Å². The number of hydrogen-bond donors (Lipinski definition) is 1. The molecule has 0 bridgehead atoms. The molecule has 1 heterocycles. The number of fused-ring (bicyclic) bond motifs is 1. The summed E-state index contributed by atoms with van der Waals surface area (Å²) in [6.07, 6.45) is 3.90. The zero-order valence-corrected chi connectivity index (χ0v) is 19.7. The monoisotopic (exact) mass is 459 g/mol. The summed E-state index contributed by atoms with van der Waals surface area (Å²) >= 11 is 0. The molecule has 174 valence electrons. The predicted octanol–water partition coefficient (Wildman–Crippen LogP) is 2.81. The maximum absolute atomic E-state index is 12.2. The molecule has 0 radical (unpaired) electrons. The van der Waals surface area contributed by atoms with Gasteiger partial charge in [-0.3, -0.25) is 14.0 Å². The predicted molar refractivity (Wildman–Crippen MR) is 127 cm³/mol. The first-order valence-corrected chi connectivity index (χ1v) is 12.9. The Balaban J connectivity index is 1.36. The number of anilines is 1. The fraction of sp³-hybridized carbons (Fsp3) is 0.458. The van der Waals surface area contributed by atoms with Crippen LogP contribution in [0.1, 0.15) is 30.4 Å². The van der Waals surface area contributed by atoms with E-state index in [1.54, 1.807) is 31.4 Å². The van der Waals surface area contributed by atoms with Crippen molar-refractivity contribution in [3.05, 3.63) is 59.7 Å². The van der Waals surface area contributed by atoms with Crippen molar-refractivity contribution in [2.24, 2.45) is 0 Å². The molecule has 0 saturated carbocycles. The van der Waals surface area contributed by atoms with Gasteiger partial charge in [0.15, 0.2) is 0 Å². The summed E-state index contributed by atoms with van der Waals surface area (Å²) in [6, 6.07) is 15.4. The number of nitrogens with one attached hydrogen (secondary N) is 1. The minimum absolute atomic E-state index is 0.0443. The molecule has 1 aliphatic rings. The smallest absolute Gasteiger partial charge is 0.232 e. The lowest BCUT2D eigenvalue weighted by Gasteiger charge is -2.28. The number of ether oxygens (including phenoxy) is 1. The van der Waals surface area contributed by atoms with E-state index in [1.165, 1.54) is 21.7 Å². The number of benzene rings is 2. The molecule has 1 amide bonds. The highest BCUT2D eigenvalue weighted by atomic mass is 32.2. The Bertz CT molecular complexity index is 993. The lowest BCUT2D eigenvalue weighted by molar-refractivity contribution is -0.121. The lowest BCUT2D eigenvalue weighted by Crippen LogP contribution is -2.34. The maximum atomic E-state index is 12.2. The van der Waals surface area contributed by atoms with Gasteiger partial charge in [-0.1, -0.05) is 24.3 Å². The molecule has 1 aliphatic heterocycles. The molecular formula is C24H33N3O4S. The van der Waals surface area contributed by atoms with Gasteiger partial charge in [0.05, 0.1) is 19.1 Å². The average Bonchev–Trinajstić information content (AvgIpc) is 2.79. The first kappa shape index (κ1) is 24.1. The quantitative estimate of drug-likeness (QED) is 0.523. The van der Waals surface area contributed by atoms with Crippen LogP contribution in [0.5, 0.6) is 5.75 Å². The topological polar surface area (TPSA) is 79.0 Å². The van der Waals surface area contributed by atoms with E-state index in [2.05, 4.69) is 34.5 Å². The van der Waals surface area contributed by atoms with Gasteiger partial charge in [-0.2, -0.15) is 0 Å². The van der Waals surface area contributed by atoms with Gasteiger partial charge in [0.2, 0.25) is 15.9 Å². The molecule has 3 rings (SSSR count). The summed E-state index contributed by atoms with van der Waals surface area (Å²) in [7, 11) is -1.87. The van der Waals surface area contributed by atoms with Gasteiger partial charge in [-0.25, -0.2) is 8.42 Å². The number of nitrogens with zero attached hydrogens (tertiary/aromatic N) is 2. The van der Waals surface area contributed by atoms with Crippen LogP contribution in [0.15, 0.2) is 48.5 Å². The van der Waals surface area contributed by atoms with Gasteiger partial charge in [0.25, 0.3) is 0 Å². The number of hydrogen-bond acceptors (Lipinski definition) is 5. The Morgan fingerprint density at radius 1 is 1.09 bits per heavy atom. The van der Waals surface area contributed by atoms with Crippen molar-refractivity contribution in [2.45, 2.75) is 32.2 Å². The van der Waals surface area contributed by atoms with Crippen LogP contribution in [0.3, 0.4) is 0 Å². The third-order valence-electron chi connectivity index (χ3n) is 5.71. The summed E-state index contributed by atoms with van der Waals surface area (Å²) < 4.78 is 30.8.